The third-order valence-corrected chi connectivity index (χ3v) is 4.91. The highest BCUT2D eigenvalue weighted by atomic mass is 35.5. The molecule has 0 spiro atoms. The first-order chi connectivity index (χ1) is 10.1. The first kappa shape index (κ1) is 13.9. The fraction of sp³-hybridized carbons (Fsp3) is 0. The van der Waals surface area contributed by atoms with Gasteiger partial charge in [-0.15, -0.1) is 0 Å². The highest BCUT2D eigenvalue weighted by Crippen LogP contribution is 2.24. The molecule has 3 aromatic rings. The van der Waals surface area contributed by atoms with Gasteiger partial charge in [0.1, 0.15) is 0 Å². The number of rotatable bonds is 3. The largest absolute Gasteiger partial charge is 0.269 e. The van der Waals surface area contributed by atoms with Crippen LogP contribution in [0.5, 0.6) is 0 Å². The van der Waals surface area contributed by atoms with Crippen LogP contribution in [0.3, 0.4) is 0 Å². The minimum atomic E-state index is -3.68. The van der Waals surface area contributed by atoms with E-state index in [-0.39, 0.29) is 4.90 Å². The number of hydrogen-bond acceptors (Lipinski definition) is 3. The average Bonchev–Trinajstić information content (AvgIpc) is 2.98. The lowest BCUT2D eigenvalue weighted by Crippen LogP contribution is -2.13. The van der Waals surface area contributed by atoms with Crippen molar-refractivity contribution in [2.45, 2.75) is 4.90 Å². The molecule has 1 aromatic heterocycles. The van der Waals surface area contributed by atoms with Crippen LogP contribution in [0.1, 0.15) is 0 Å². The molecule has 2 aromatic carbocycles. The van der Waals surface area contributed by atoms with Crippen LogP contribution in [0.2, 0.25) is 5.02 Å². The van der Waals surface area contributed by atoms with Gasteiger partial charge in [-0.05, 0) is 24.3 Å². The van der Waals surface area contributed by atoms with Crippen molar-refractivity contribution in [3.63, 3.8) is 0 Å². The Balaban J connectivity index is 2.16. The second-order valence-corrected chi connectivity index (χ2v) is 6.63. The van der Waals surface area contributed by atoms with Gasteiger partial charge in [0.05, 0.1) is 4.90 Å². The maximum atomic E-state index is 12.7. The number of imidazole rings is 1. The maximum Gasteiger partial charge on any atom is 0.269 e. The highest BCUT2D eigenvalue weighted by molar-refractivity contribution is 7.90. The van der Waals surface area contributed by atoms with E-state index in [1.807, 2.05) is 0 Å². The van der Waals surface area contributed by atoms with E-state index >= 15 is 0 Å². The lowest BCUT2D eigenvalue weighted by molar-refractivity contribution is 0.588. The molecule has 3 rings (SSSR count). The molecule has 21 heavy (non-hydrogen) atoms. The summed E-state index contributed by atoms with van der Waals surface area (Å²) in [6.45, 7) is 0. The zero-order valence-electron chi connectivity index (χ0n) is 10.8. The number of aromatic nitrogens is 2. The minimum absolute atomic E-state index is 0.214. The van der Waals surface area contributed by atoms with Crippen molar-refractivity contribution >= 4 is 21.6 Å². The summed E-state index contributed by atoms with van der Waals surface area (Å²) in [5.74, 6) is 0.335. The van der Waals surface area contributed by atoms with Crippen molar-refractivity contribution in [1.29, 1.82) is 0 Å². The van der Waals surface area contributed by atoms with Crippen LogP contribution in [0.15, 0.2) is 71.9 Å². The van der Waals surface area contributed by atoms with Crippen molar-refractivity contribution in [2.24, 2.45) is 0 Å². The molecule has 0 bridgehead atoms. The van der Waals surface area contributed by atoms with Crippen molar-refractivity contribution in [1.82, 2.24) is 8.96 Å². The summed E-state index contributed by atoms with van der Waals surface area (Å²) in [4.78, 5) is 4.36. The molecule has 0 aliphatic heterocycles. The Hall–Kier alpha value is -2.11. The monoisotopic (exact) mass is 318 g/mol. The van der Waals surface area contributed by atoms with Crippen molar-refractivity contribution < 1.29 is 8.42 Å². The first-order valence-electron chi connectivity index (χ1n) is 6.19. The van der Waals surface area contributed by atoms with Crippen LogP contribution in [0, 0.1) is 0 Å². The Labute approximate surface area is 127 Å². The second kappa shape index (κ2) is 5.35. The van der Waals surface area contributed by atoms with Gasteiger partial charge in [-0.1, -0.05) is 41.9 Å². The Morgan fingerprint density at radius 2 is 1.76 bits per heavy atom. The van der Waals surface area contributed by atoms with Crippen LogP contribution in [0.4, 0.5) is 0 Å². The summed E-state index contributed by atoms with van der Waals surface area (Å²) in [5, 5.41) is 0.527. The van der Waals surface area contributed by atoms with Crippen LogP contribution in [-0.4, -0.2) is 17.4 Å². The standard InChI is InChI=1S/C15H11ClN2O2S/c16-13-6-4-5-12(11-13)15-17-9-10-18(15)21(19,20)14-7-2-1-3-8-14/h1-11H. The zero-order chi connectivity index (χ0) is 14.9. The summed E-state index contributed by atoms with van der Waals surface area (Å²) in [6, 6.07) is 15.2. The van der Waals surface area contributed by atoms with E-state index < -0.39 is 10.0 Å². The molecule has 1 heterocycles. The van der Waals surface area contributed by atoms with E-state index in [1.165, 1.54) is 12.4 Å². The Kier molecular flexibility index (Phi) is 3.53. The second-order valence-electron chi connectivity index (χ2n) is 4.38. The van der Waals surface area contributed by atoms with Gasteiger partial charge in [-0.2, -0.15) is 0 Å². The van der Waals surface area contributed by atoms with Crippen molar-refractivity contribution in [2.75, 3.05) is 0 Å². The molecule has 0 saturated carbocycles. The van der Waals surface area contributed by atoms with Gasteiger partial charge in [-0.25, -0.2) is 17.4 Å². The van der Waals surface area contributed by atoms with Crippen molar-refractivity contribution in [3.05, 3.63) is 72.0 Å². The molecule has 0 amide bonds. The predicted molar refractivity (Wildman–Crippen MR) is 81.7 cm³/mol. The number of nitrogens with zero attached hydrogens (tertiary/aromatic N) is 2. The van der Waals surface area contributed by atoms with Crippen LogP contribution in [-0.2, 0) is 10.0 Å². The molecular formula is C15H11ClN2O2S. The van der Waals surface area contributed by atoms with Crippen LogP contribution in [0.25, 0.3) is 11.4 Å². The molecule has 4 nitrogen and oxygen atoms in total. The molecule has 0 N–H and O–H groups in total. The quantitative estimate of drug-likeness (QED) is 0.743. The summed E-state index contributed by atoms with van der Waals surface area (Å²) in [5.41, 5.74) is 0.645. The van der Waals surface area contributed by atoms with Gasteiger partial charge in [0, 0.05) is 23.0 Å². The summed E-state index contributed by atoms with van der Waals surface area (Å²) < 4.78 is 26.5. The highest BCUT2D eigenvalue weighted by Gasteiger charge is 2.20. The summed E-state index contributed by atoms with van der Waals surface area (Å²) >= 11 is 5.96. The van der Waals surface area contributed by atoms with E-state index in [9.17, 15) is 8.42 Å². The third-order valence-electron chi connectivity index (χ3n) is 2.99. The fourth-order valence-corrected chi connectivity index (χ4v) is 3.53. The smallest absolute Gasteiger partial charge is 0.236 e. The fourth-order valence-electron chi connectivity index (χ4n) is 2.02. The Morgan fingerprint density at radius 3 is 2.48 bits per heavy atom. The molecular weight excluding hydrogens is 308 g/mol. The predicted octanol–water partition coefficient (Wildman–Crippen LogP) is 3.44. The van der Waals surface area contributed by atoms with Gasteiger partial charge in [0.2, 0.25) is 0 Å². The lowest BCUT2D eigenvalue weighted by atomic mass is 10.2. The van der Waals surface area contributed by atoms with Gasteiger partial charge >= 0.3 is 0 Å². The molecule has 0 aliphatic rings. The number of halogens is 1. The van der Waals surface area contributed by atoms with Gasteiger partial charge in [-0.3, -0.25) is 0 Å². The number of hydrogen-bond donors (Lipinski definition) is 0. The maximum absolute atomic E-state index is 12.7. The molecule has 6 heteroatoms. The summed E-state index contributed by atoms with van der Waals surface area (Å²) in [7, 11) is -3.68. The average molecular weight is 319 g/mol. The van der Waals surface area contributed by atoms with Gasteiger partial charge in [0.15, 0.2) is 5.82 Å². The Bertz CT molecular complexity index is 873. The lowest BCUT2D eigenvalue weighted by Gasteiger charge is -2.09. The SMILES string of the molecule is O=S(=O)(c1ccccc1)n1ccnc1-c1cccc(Cl)c1. The molecule has 0 unspecified atom stereocenters. The van der Waals surface area contributed by atoms with E-state index in [0.29, 0.717) is 16.4 Å². The zero-order valence-corrected chi connectivity index (χ0v) is 12.4. The molecule has 0 radical (unpaired) electrons. The van der Waals surface area contributed by atoms with E-state index in [0.717, 1.165) is 3.97 Å². The minimum Gasteiger partial charge on any atom is -0.236 e. The van der Waals surface area contributed by atoms with Crippen LogP contribution >= 0.6 is 11.6 Å². The Morgan fingerprint density at radius 1 is 1.00 bits per heavy atom. The molecule has 0 fully saturated rings. The van der Waals surface area contributed by atoms with Gasteiger partial charge in [0.25, 0.3) is 10.0 Å². The number of benzene rings is 2. The normalized spacial score (nSPS) is 11.5. The third kappa shape index (κ3) is 2.57. The molecule has 0 saturated heterocycles. The molecule has 0 aliphatic carbocycles. The van der Waals surface area contributed by atoms with E-state index in [4.69, 9.17) is 11.6 Å². The van der Waals surface area contributed by atoms with E-state index in [2.05, 4.69) is 4.98 Å². The topological polar surface area (TPSA) is 52.0 Å². The summed E-state index contributed by atoms with van der Waals surface area (Å²) in [6.07, 6.45) is 2.88. The van der Waals surface area contributed by atoms with Gasteiger partial charge < -0.3 is 0 Å². The van der Waals surface area contributed by atoms with E-state index in [1.54, 1.807) is 54.6 Å². The molecule has 106 valence electrons. The molecule has 0 atom stereocenters. The first-order valence-corrected chi connectivity index (χ1v) is 8.01. The van der Waals surface area contributed by atoms with Crippen LogP contribution < -0.4 is 0 Å². The van der Waals surface area contributed by atoms with Crippen molar-refractivity contribution in [3.8, 4) is 11.4 Å².